The quantitative estimate of drug-likeness (QED) is 0.549. The highest BCUT2D eigenvalue weighted by atomic mass is 16.5. The van der Waals surface area contributed by atoms with Crippen LogP contribution in [0.4, 0.5) is 0 Å². The zero-order chi connectivity index (χ0) is 21.6. The van der Waals surface area contributed by atoms with Gasteiger partial charge in [0.25, 0.3) is 5.91 Å². The van der Waals surface area contributed by atoms with Crippen molar-refractivity contribution in [3.8, 4) is 5.75 Å². The molecule has 3 aromatic rings. The first-order valence-electron chi connectivity index (χ1n) is 10.7. The monoisotopic (exact) mass is 424 g/mol. The summed E-state index contributed by atoms with van der Waals surface area (Å²) in [7, 11) is 1.66. The molecular weight excluding hydrogens is 396 g/mol. The lowest BCUT2D eigenvalue weighted by Gasteiger charge is -2.38. The molecular formula is C22H28N6O3. The molecule has 0 saturated carbocycles. The minimum Gasteiger partial charge on any atom is -0.497 e. The van der Waals surface area contributed by atoms with Crippen LogP contribution < -0.4 is 4.74 Å². The van der Waals surface area contributed by atoms with Gasteiger partial charge >= 0.3 is 0 Å². The van der Waals surface area contributed by atoms with Gasteiger partial charge in [-0.25, -0.2) is 4.68 Å². The number of piperazine rings is 1. The summed E-state index contributed by atoms with van der Waals surface area (Å²) in [6.45, 7) is 5.61. The molecule has 3 heterocycles. The average molecular weight is 425 g/mol. The molecule has 1 saturated heterocycles. The zero-order valence-corrected chi connectivity index (χ0v) is 18.0. The van der Waals surface area contributed by atoms with Crippen LogP contribution in [0.25, 0.3) is 0 Å². The number of furan rings is 1. The summed E-state index contributed by atoms with van der Waals surface area (Å²) in [5.41, 5.74) is 1.11. The number of hydrogen-bond acceptors (Lipinski definition) is 7. The van der Waals surface area contributed by atoms with E-state index < -0.39 is 0 Å². The Morgan fingerprint density at radius 3 is 2.58 bits per heavy atom. The molecule has 0 spiro atoms. The van der Waals surface area contributed by atoms with Gasteiger partial charge in [0.15, 0.2) is 11.6 Å². The van der Waals surface area contributed by atoms with Gasteiger partial charge < -0.3 is 14.1 Å². The fraction of sp³-hybridized carbons (Fsp3) is 0.455. The fourth-order valence-corrected chi connectivity index (χ4v) is 4.01. The third-order valence-electron chi connectivity index (χ3n) is 5.69. The van der Waals surface area contributed by atoms with Crippen LogP contribution in [0.3, 0.4) is 0 Å². The van der Waals surface area contributed by atoms with Crippen LogP contribution in [0.2, 0.25) is 0 Å². The highest BCUT2D eigenvalue weighted by molar-refractivity contribution is 5.91. The first-order chi connectivity index (χ1) is 15.2. The van der Waals surface area contributed by atoms with E-state index in [0.29, 0.717) is 25.4 Å². The molecule has 1 aromatic carbocycles. The summed E-state index contributed by atoms with van der Waals surface area (Å²) in [5.74, 6) is 2.03. The molecule has 1 aliphatic heterocycles. The Labute approximate surface area is 181 Å². The lowest BCUT2D eigenvalue weighted by atomic mass is 10.1. The number of benzene rings is 1. The molecule has 0 bridgehead atoms. The Hall–Kier alpha value is -3.20. The molecule has 9 nitrogen and oxygen atoms in total. The topological polar surface area (TPSA) is 89.5 Å². The Kier molecular flexibility index (Phi) is 6.61. The van der Waals surface area contributed by atoms with Gasteiger partial charge in [-0.1, -0.05) is 25.5 Å². The van der Waals surface area contributed by atoms with Crippen molar-refractivity contribution in [3.05, 3.63) is 59.8 Å². The molecule has 0 aliphatic carbocycles. The number of nitrogens with zero attached hydrogens (tertiary/aromatic N) is 6. The van der Waals surface area contributed by atoms with E-state index in [1.54, 1.807) is 19.2 Å². The Morgan fingerprint density at radius 2 is 1.94 bits per heavy atom. The second kappa shape index (κ2) is 9.74. The highest BCUT2D eigenvalue weighted by Gasteiger charge is 2.30. The number of ether oxygens (including phenoxy) is 1. The van der Waals surface area contributed by atoms with Crippen molar-refractivity contribution < 1.29 is 13.9 Å². The molecule has 0 N–H and O–H groups in total. The van der Waals surface area contributed by atoms with Gasteiger partial charge in [0.2, 0.25) is 0 Å². The van der Waals surface area contributed by atoms with Gasteiger partial charge in [-0.3, -0.25) is 9.69 Å². The Bertz CT molecular complexity index is 962. The number of carbonyl (C=O) groups is 1. The lowest BCUT2D eigenvalue weighted by molar-refractivity contribution is 0.0515. The van der Waals surface area contributed by atoms with Gasteiger partial charge in [-0.05, 0) is 46.7 Å². The van der Waals surface area contributed by atoms with E-state index in [4.69, 9.17) is 9.15 Å². The maximum atomic E-state index is 12.6. The molecule has 9 heteroatoms. The maximum absolute atomic E-state index is 12.6. The SMILES string of the molecule is CCCC(c1nnnn1Cc1ccc(OC)cc1)N1CCN(C(=O)c2ccco2)CC1. The van der Waals surface area contributed by atoms with Gasteiger partial charge in [0, 0.05) is 26.2 Å². The van der Waals surface area contributed by atoms with E-state index in [9.17, 15) is 4.79 Å². The number of tetrazole rings is 1. The van der Waals surface area contributed by atoms with E-state index in [0.717, 1.165) is 43.1 Å². The number of amides is 1. The molecule has 1 amide bonds. The second-order valence-electron chi connectivity index (χ2n) is 7.65. The van der Waals surface area contributed by atoms with Crippen LogP contribution in [-0.4, -0.2) is 69.2 Å². The van der Waals surface area contributed by atoms with E-state index in [1.165, 1.54) is 6.26 Å². The maximum Gasteiger partial charge on any atom is 0.289 e. The minimum atomic E-state index is -0.0546. The minimum absolute atomic E-state index is 0.0546. The summed E-state index contributed by atoms with van der Waals surface area (Å²) in [6, 6.07) is 11.5. The number of aromatic nitrogens is 4. The Morgan fingerprint density at radius 1 is 1.16 bits per heavy atom. The van der Waals surface area contributed by atoms with E-state index in [-0.39, 0.29) is 11.9 Å². The average Bonchev–Trinajstić information content (AvgIpc) is 3.50. The number of methoxy groups -OCH3 is 1. The van der Waals surface area contributed by atoms with Crippen molar-refractivity contribution in [1.29, 1.82) is 0 Å². The first-order valence-corrected chi connectivity index (χ1v) is 10.7. The summed E-state index contributed by atoms with van der Waals surface area (Å²) >= 11 is 0. The van der Waals surface area contributed by atoms with Crippen LogP contribution in [0.5, 0.6) is 5.75 Å². The molecule has 1 unspecified atom stereocenters. The predicted octanol–water partition coefficient (Wildman–Crippen LogP) is 2.62. The fourth-order valence-electron chi connectivity index (χ4n) is 4.01. The summed E-state index contributed by atoms with van der Waals surface area (Å²) < 4.78 is 12.4. The largest absolute Gasteiger partial charge is 0.497 e. The Balaban J connectivity index is 1.45. The summed E-state index contributed by atoms with van der Waals surface area (Å²) in [4.78, 5) is 16.8. The normalized spacial score (nSPS) is 15.7. The third kappa shape index (κ3) is 4.77. The van der Waals surface area contributed by atoms with E-state index >= 15 is 0 Å². The van der Waals surface area contributed by atoms with Crippen LogP contribution in [0.1, 0.15) is 47.7 Å². The van der Waals surface area contributed by atoms with Gasteiger partial charge in [0.05, 0.1) is 26.0 Å². The molecule has 1 aliphatic rings. The number of rotatable bonds is 8. The standard InChI is InChI=1S/C22H28N6O3/c1-3-5-19(26-11-13-27(14-12-26)22(29)20-6-4-15-31-20)21-23-24-25-28(21)16-17-7-9-18(30-2)10-8-17/h4,6-10,15,19H,3,5,11-14,16H2,1-2H3. The van der Waals surface area contributed by atoms with Gasteiger partial charge in [-0.2, -0.15) is 0 Å². The van der Waals surface area contributed by atoms with Crippen molar-refractivity contribution >= 4 is 5.91 Å². The van der Waals surface area contributed by atoms with Crippen LogP contribution in [-0.2, 0) is 6.54 Å². The zero-order valence-electron chi connectivity index (χ0n) is 18.0. The van der Waals surface area contributed by atoms with Crippen molar-refractivity contribution in [2.24, 2.45) is 0 Å². The summed E-state index contributed by atoms with van der Waals surface area (Å²) in [6.07, 6.45) is 3.50. The molecule has 164 valence electrons. The third-order valence-corrected chi connectivity index (χ3v) is 5.69. The van der Waals surface area contributed by atoms with Crippen molar-refractivity contribution in [1.82, 2.24) is 30.0 Å². The van der Waals surface area contributed by atoms with Crippen LogP contribution in [0.15, 0.2) is 47.1 Å². The highest BCUT2D eigenvalue weighted by Crippen LogP contribution is 2.26. The molecule has 0 radical (unpaired) electrons. The lowest BCUT2D eigenvalue weighted by Crippen LogP contribution is -2.50. The first kappa shape index (κ1) is 21.0. The van der Waals surface area contributed by atoms with Gasteiger partial charge in [0.1, 0.15) is 5.75 Å². The number of hydrogen-bond donors (Lipinski definition) is 0. The van der Waals surface area contributed by atoms with Crippen LogP contribution >= 0.6 is 0 Å². The molecule has 2 aromatic heterocycles. The van der Waals surface area contributed by atoms with Crippen LogP contribution in [0, 0.1) is 0 Å². The smallest absolute Gasteiger partial charge is 0.289 e. The van der Waals surface area contributed by atoms with Crippen molar-refractivity contribution in [2.75, 3.05) is 33.3 Å². The molecule has 31 heavy (non-hydrogen) atoms. The molecule has 1 fully saturated rings. The molecule has 4 rings (SSSR count). The predicted molar refractivity (Wildman–Crippen MR) is 114 cm³/mol. The van der Waals surface area contributed by atoms with E-state index in [2.05, 4.69) is 27.3 Å². The second-order valence-corrected chi connectivity index (χ2v) is 7.65. The number of carbonyl (C=O) groups excluding carboxylic acids is 1. The van der Waals surface area contributed by atoms with Crippen molar-refractivity contribution in [2.45, 2.75) is 32.4 Å². The van der Waals surface area contributed by atoms with E-state index in [1.807, 2.05) is 33.8 Å². The summed E-state index contributed by atoms with van der Waals surface area (Å²) in [5, 5.41) is 12.6. The van der Waals surface area contributed by atoms with Gasteiger partial charge in [-0.15, -0.1) is 5.10 Å². The molecule has 1 atom stereocenters. The van der Waals surface area contributed by atoms with Crippen molar-refractivity contribution in [3.63, 3.8) is 0 Å².